The Labute approximate surface area is 127 Å². The van der Waals surface area contributed by atoms with Crippen LogP contribution in [0, 0.1) is 23.2 Å². The summed E-state index contributed by atoms with van der Waals surface area (Å²) in [4.78, 5) is 11.8. The number of rotatable bonds is 0. The summed E-state index contributed by atoms with van der Waals surface area (Å²) in [6, 6.07) is 0. The molecular formula is C19H26O2. The number of aliphatic hydroxyl groups excluding tert-OH is 1. The van der Waals surface area contributed by atoms with Crippen LogP contribution in [0.2, 0.25) is 0 Å². The third-order valence-electron chi connectivity index (χ3n) is 7.17. The third kappa shape index (κ3) is 1.84. The van der Waals surface area contributed by atoms with Gasteiger partial charge in [0.15, 0.2) is 5.78 Å². The van der Waals surface area contributed by atoms with Gasteiger partial charge in [-0.3, -0.25) is 4.79 Å². The van der Waals surface area contributed by atoms with Crippen molar-refractivity contribution in [3.8, 4) is 0 Å². The van der Waals surface area contributed by atoms with Crippen LogP contribution in [0.1, 0.15) is 58.8 Å². The van der Waals surface area contributed by atoms with Crippen molar-refractivity contribution in [1.29, 1.82) is 0 Å². The Morgan fingerprint density at radius 2 is 2.05 bits per heavy atom. The molecule has 2 nitrogen and oxygen atoms in total. The monoisotopic (exact) mass is 286 g/mol. The van der Waals surface area contributed by atoms with E-state index in [0.717, 1.165) is 32.1 Å². The maximum Gasteiger partial charge on any atom is 0.156 e. The van der Waals surface area contributed by atoms with E-state index in [1.165, 1.54) is 24.0 Å². The van der Waals surface area contributed by atoms with Crippen molar-refractivity contribution in [2.75, 3.05) is 0 Å². The minimum absolute atomic E-state index is 0.103. The zero-order valence-electron chi connectivity index (χ0n) is 13.2. The van der Waals surface area contributed by atoms with E-state index in [1.54, 1.807) is 5.57 Å². The Bertz CT molecular complexity index is 556. The van der Waals surface area contributed by atoms with Crippen LogP contribution in [0.15, 0.2) is 22.8 Å². The summed E-state index contributed by atoms with van der Waals surface area (Å²) < 4.78 is 0. The molecule has 5 atom stereocenters. The van der Waals surface area contributed by atoms with Gasteiger partial charge in [0.1, 0.15) is 0 Å². The van der Waals surface area contributed by atoms with Gasteiger partial charge >= 0.3 is 0 Å². The molecule has 114 valence electrons. The molecule has 0 aromatic rings. The van der Waals surface area contributed by atoms with Crippen LogP contribution in [0.4, 0.5) is 0 Å². The predicted octanol–water partition coefficient (Wildman–Crippen LogP) is 3.80. The van der Waals surface area contributed by atoms with Gasteiger partial charge in [-0.15, -0.1) is 0 Å². The van der Waals surface area contributed by atoms with Gasteiger partial charge in [0, 0.05) is 6.42 Å². The molecular weight excluding hydrogens is 260 g/mol. The molecule has 1 N–H and O–H groups in total. The molecule has 0 aliphatic heterocycles. The molecule has 0 heterocycles. The molecule has 0 unspecified atom stereocenters. The van der Waals surface area contributed by atoms with Crippen molar-refractivity contribution < 1.29 is 9.90 Å². The number of allylic oxidation sites excluding steroid dienone is 4. The molecule has 4 aliphatic rings. The highest BCUT2D eigenvalue weighted by Crippen LogP contribution is 2.60. The summed E-state index contributed by atoms with van der Waals surface area (Å²) in [6.45, 7) is 4.56. The summed E-state index contributed by atoms with van der Waals surface area (Å²) in [7, 11) is 0. The minimum Gasteiger partial charge on any atom is -0.393 e. The van der Waals surface area contributed by atoms with E-state index in [0.29, 0.717) is 23.5 Å². The molecule has 2 saturated carbocycles. The van der Waals surface area contributed by atoms with Crippen molar-refractivity contribution in [3.05, 3.63) is 22.8 Å². The van der Waals surface area contributed by atoms with Gasteiger partial charge < -0.3 is 5.11 Å². The maximum atomic E-state index is 11.8. The summed E-state index contributed by atoms with van der Waals surface area (Å²) in [5.41, 5.74) is 4.52. The Hall–Kier alpha value is -0.890. The quantitative estimate of drug-likeness (QED) is 0.735. The average molecular weight is 286 g/mol. The summed E-state index contributed by atoms with van der Waals surface area (Å²) >= 11 is 0. The van der Waals surface area contributed by atoms with Gasteiger partial charge in [-0.2, -0.15) is 0 Å². The predicted molar refractivity (Wildman–Crippen MR) is 82.7 cm³/mol. The number of hydrogen-bond donors (Lipinski definition) is 1. The van der Waals surface area contributed by atoms with Gasteiger partial charge in [-0.25, -0.2) is 0 Å². The Kier molecular flexibility index (Phi) is 2.98. The van der Waals surface area contributed by atoms with E-state index in [-0.39, 0.29) is 11.5 Å². The highest BCUT2D eigenvalue weighted by Gasteiger charge is 2.53. The van der Waals surface area contributed by atoms with Gasteiger partial charge in [0.05, 0.1) is 6.10 Å². The molecule has 2 heteroatoms. The molecule has 0 saturated heterocycles. The van der Waals surface area contributed by atoms with Crippen molar-refractivity contribution in [3.63, 3.8) is 0 Å². The molecule has 0 amide bonds. The van der Waals surface area contributed by atoms with Crippen LogP contribution in [0.25, 0.3) is 0 Å². The van der Waals surface area contributed by atoms with E-state index in [1.807, 2.05) is 6.08 Å². The van der Waals surface area contributed by atoms with Crippen LogP contribution < -0.4 is 0 Å². The number of hydrogen-bond acceptors (Lipinski definition) is 2. The molecule has 21 heavy (non-hydrogen) atoms. The first-order valence-electron chi connectivity index (χ1n) is 8.63. The first-order chi connectivity index (χ1) is 10.0. The van der Waals surface area contributed by atoms with Crippen molar-refractivity contribution >= 4 is 5.78 Å². The Morgan fingerprint density at radius 1 is 1.24 bits per heavy atom. The van der Waals surface area contributed by atoms with Crippen LogP contribution in [0.3, 0.4) is 0 Å². The topological polar surface area (TPSA) is 37.3 Å². The van der Waals surface area contributed by atoms with Crippen LogP contribution >= 0.6 is 0 Å². The lowest BCUT2D eigenvalue weighted by Gasteiger charge is -2.49. The highest BCUT2D eigenvalue weighted by atomic mass is 16.3. The second kappa shape index (κ2) is 4.55. The number of carbonyl (C=O) groups excluding carboxylic acids is 1. The Morgan fingerprint density at radius 3 is 2.86 bits per heavy atom. The standard InChI is InChI=1S/C19H26O2/c1-11-14-7-8-19(2)17(5-6-18(19)21)16(14)9-12-3-4-13(20)10-15(11)12/h10,12,16-18,21H,3-9H2,1-2H3/t12-,16+,17-,18-,19-/m0/s1. The molecule has 0 bridgehead atoms. The summed E-state index contributed by atoms with van der Waals surface area (Å²) in [5.74, 6) is 2.23. The van der Waals surface area contributed by atoms with Crippen molar-refractivity contribution in [2.45, 2.75) is 64.9 Å². The normalized spacial score (nSPS) is 45.9. The van der Waals surface area contributed by atoms with E-state index in [4.69, 9.17) is 0 Å². The number of carbonyl (C=O) groups is 1. The van der Waals surface area contributed by atoms with Gasteiger partial charge in [-0.05, 0) is 85.8 Å². The lowest BCUT2D eigenvalue weighted by atomic mass is 9.56. The zero-order chi connectivity index (χ0) is 14.8. The molecule has 4 aliphatic carbocycles. The fraction of sp³-hybridized carbons (Fsp3) is 0.737. The smallest absolute Gasteiger partial charge is 0.156 e. The van der Waals surface area contributed by atoms with Crippen LogP contribution in [0.5, 0.6) is 0 Å². The molecule has 2 fully saturated rings. The van der Waals surface area contributed by atoms with E-state index in [9.17, 15) is 9.90 Å². The van der Waals surface area contributed by atoms with Crippen molar-refractivity contribution in [1.82, 2.24) is 0 Å². The largest absolute Gasteiger partial charge is 0.393 e. The summed E-state index contributed by atoms with van der Waals surface area (Å²) in [6.07, 6.45) is 9.23. The zero-order valence-corrected chi connectivity index (χ0v) is 13.2. The second-order valence-corrected chi connectivity index (χ2v) is 8.00. The fourth-order valence-electron chi connectivity index (χ4n) is 5.85. The first-order valence-corrected chi connectivity index (χ1v) is 8.63. The van der Waals surface area contributed by atoms with Gasteiger partial charge in [-0.1, -0.05) is 12.5 Å². The van der Waals surface area contributed by atoms with Crippen molar-refractivity contribution in [2.24, 2.45) is 23.2 Å². The number of ketones is 1. The molecule has 4 rings (SSSR count). The molecule has 0 aromatic heterocycles. The van der Waals surface area contributed by atoms with Crippen LogP contribution in [-0.2, 0) is 4.79 Å². The lowest BCUT2D eigenvalue weighted by molar-refractivity contribution is -0.115. The van der Waals surface area contributed by atoms with E-state index in [2.05, 4.69) is 13.8 Å². The molecule has 0 spiro atoms. The first kappa shape index (κ1) is 13.8. The Balaban J connectivity index is 1.76. The minimum atomic E-state index is -0.103. The number of aliphatic hydroxyl groups is 1. The average Bonchev–Trinajstić information content (AvgIpc) is 2.76. The van der Waals surface area contributed by atoms with Crippen LogP contribution in [-0.4, -0.2) is 17.0 Å². The number of fused-ring (bicyclic) bond motifs is 4. The fourth-order valence-corrected chi connectivity index (χ4v) is 5.85. The molecule has 0 radical (unpaired) electrons. The van der Waals surface area contributed by atoms with Gasteiger partial charge in [0.2, 0.25) is 0 Å². The second-order valence-electron chi connectivity index (χ2n) is 8.00. The third-order valence-corrected chi connectivity index (χ3v) is 7.17. The van der Waals surface area contributed by atoms with E-state index >= 15 is 0 Å². The van der Waals surface area contributed by atoms with E-state index < -0.39 is 0 Å². The summed E-state index contributed by atoms with van der Waals surface area (Å²) in [5, 5.41) is 10.4. The van der Waals surface area contributed by atoms with Gasteiger partial charge in [0.25, 0.3) is 0 Å². The highest BCUT2D eigenvalue weighted by molar-refractivity contribution is 5.92. The molecule has 0 aromatic carbocycles. The maximum absolute atomic E-state index is 11.8. The lowest BCUT2D eigenvalue weighted by Crippen LogP contribution is -2.43. The SMILES string of the molecule is CC1=C2CC[C@]3(C)[C@@H](O)CC[C@H]3[C@@H]2C[C@@H]2CCC(=O)C=C12.